The lowest BCUT2D eigenvalue weighted by Crippen LogP contribution is -2.05. The number of halogens is 1. The first-order chi connectivity index (χ1) is 12.7. The van der Waals surface area contributed by atoms with Crippen LogP contribution in [0, 0.1) is 0 Å². The maximum absolute atomic E-state index is 6.11. The molecule has 0 aliphatic rings. The third-order valence-corrected chi connectivity index (χ3v) is 4.62. The van der Waals surface area contributed by atoms with Crippen molar-refractivity contribution < 1.29 is 9.15 Å². The fourth-order valence-corrected chi connectivity index (χ4v) is 3.03. The highest BCUT2D eigenvalue weighted by molar-refractivity contribution is 6.30. The van der Waals surface area contributed by atoms with Gasteiger partial charge in [0.1, 0.15) is 17.1 Å². The number of benzene rings is 2. The molecular formula is C22H24ClNO2. The quantitative estimate of drug-likeness (QED) is 0.462. The SMILES string of the molecule is CCCCCCN=c1cc(-c2ccc(Cl)cc2)oc2ccc(OC)cc12. The predicted octanol–water partition coefficient (Wildman–Crippen LogP) is 6.24. The second-order valence-electron chi connectivity index (χ2n) is 6.31. The number of unbranched alkanes of at least 4 members (excludes halogenated alkanes) is 3. The predicted molar refractivity (Wildman–Crippen MR) is 108 cm³/mol. The maximum Gasteiger partial charge on any atom is 0.137 e. The Morgan fingerprint density at radius 1 is 1.00 bits per heavy atom. The summed E-state index contributed by atoms with van der Waals surface area (Å²) in [6.07, 6.45) is 4.79. The van der Waals surface area contributed by atoms with E-state index in [0.717, 1.165) is 46.4 Å². The van der Waals surface area contributed by atoms with E-state index >= 15 is 0 Å². The molecule has 0 fully saturated rings. The summed E-state index contributed by atoms with van der Waals surface area (Å²) < 4.78 is 11.5. The van der Waals surface area contributed by atoms with Gasteiger partial charge in [-0.25, -0.2) is 0 Å². The van der Waals surface area contributed by atoms with Gasteiger partial charge in [-0.2, -0.15) is 0 Å². The van der Waals surface area contributed by atoms with Crippen LogP contribution >= 0.6 is 11.6 Å². The molecule has 3 nitrogen and oxygen atoms in total. The van der Waals surface area contributed by atoms with E-state index in [1.165, 1.54) is 19.3 Å². The van der Waals surface area contributed by atoms with Crippen LogP contribution in [-0.2, 0) is 0 Å². The van der Waals surface area contributed by atoms with Crippen LogP contribution in [0.3, 0.4) is 0 Å². The highest BCUT2D eigenvalue weighted by atomic mass is 35.5. The van der Waals surface area contributed by atoms with E-state index in [1.807, 2.05) is 48.5 Å². The molecule has 3 aromatic rings. The van der Waals surface area contributed by atoms with Crippen molar-refractivity contribution in [3.8, 4) is 17.1 Å². The van der Waals surface area contributed by atoms with Gasteiger partial charge in [-0.1, -0.05) is 37.8 Å². The van der Waals surface area contributed by atoms with Gasteiger partial charge in [0, 0.05) is 28.6 Å². The van der Waals surface area contributed by atoms with Crippen molar-refractivity contribution in [2.45, 2.75) is 32.6 Å². The lowest BCUT2D eigenvalue weighted by Gasteiger charge is -2.07. The Kier molecular flexibility index (Phi) is 6.35. The molecule has 0 bridgehead atoms. The zero-order valence-electron chi connectivity index (χ0n) is 15.3. The summed E-state index contributed by atoms with van der Waals surface area (Å²) in [4.78, 5) is 4.84. The molecule has 0 saturated carbocycles. The molecule has 0 aliphatic heterocycles. The highest BCUT2D eigenvalue weighted by Crippen LogP contribution is 2.25. The van der Waals surface area contributed by atoms with Gasteiger partial charge in [-0.05, 0) is 48.9 Å². The molecule has 0 radical (unpaired) electrons. The summed E-state index contributed by atoms with van der Waals surface area (Å²) in [6.45, 7) is 3.03. The summed E-state index contributed by atoms with van der Waals surface area (Å²) in [5.74, 6) is 1.58. The van der Waals surface area contributed by atoms with Crippen molar-refractivity contribution in [1.29, 1.82) is 0 Å². The third kappa shape index (κ3) is 4.47. The van der Waals surface area contributed by atoms with E-state index in [-0.39, 0.29) is 0 Å². The maximum atomic E-state index is 6.11. The lowest BCUT2D eigenvalue weighted by molar-refractivity contribution is 0.415. The topological polar surface area (TPSA) is 34.7 Å². The largest absolute Gasteiger partial charge is 0.497 e. The van der Waals surface area contributed by atoms with Gasteiger partial charge in [-0.15, -0.1) is 0 Å². The van der Waals surface area contributed by atoms with Gasteiger partial charge in [0.25, 0.3) is 0 Å². The molecule has 0 saturated heterocycles. The lowest BCUT2D eigenvalue weighted by atomic mass is 10.1. The van der Waals surface area contributed by atoms with E-state index in [1.54, 1.807) is 7.11 Å². The highest BCUT2D eigenvalue weighted by Gasteiger charge is 2.07. The van der Waals surface area contributed by atoms with Crippen molar-refractivity contribution >= 4 is 22.6 Å². The molecule has 3 rings (SSSR count). The summed E-state index contributed by atoms with van der Waals surface area (Å²) in [6, 6.07) is 15.5. The van der Waals surface area contributed by atoms with Crippen LogP contribution in [0.5, 0.6) is 5.75 Å². The van der Waals surface area contributed by atoms with Crippen molar-refractivity contribution in [3.63, 3.8) is 0 Å². The standard InChI is InChI=1S/C22H24ClNO2/c1-3-4-5-6-13-24-20-15-22(16-7-9-17(23)10-8-16)26-21-12-11-18(25-2)14-19(20)21/h7-12,14-15H,3-6,13H2,1-2H3. The molecule has 0 N–H and O–H groups in total. The zero-order chi connectivity index (χ0) is 18.4. The van der Waals surface area contributed by atoms with Crippen molar-refractivity contribution in [3.05, 3.63) is 58.9 Å². The fourth-order valence-electron chi connectivity index (χ4n) is 2.90. The first-order valence-corrected chi connectivity index (χ1v) is 9.47. The van der Waals surface area contributed by atoms with Gasteiger partial charge in [0.2, 0.25) is 0 Å². The minimum atomic E-state index is 0.708. The Hall–Kier alpha value is -2.26. The van der Waals surface area contributed by atoms with Crippen LogP contribution in [0.15, 0.2) is 57.9 Å². The van der Waals surface area contributed by atoms with E-state index < -0.39 is 0 Å². The van der Waals surface area contributed by atoms with E-state index in [9.17, 15) is 0 Å². The molecule has 136 valence electrons. The van der Waals surface area contributed by atoms with Gasteiger partial charge in [0.05, 0.1) is 12.5 Å². The minimum absolute atomic E-state index is 0.708. The molecule has 0 aliphatic carbocycles. The van der Waals surface area contributed by atoms with Crippen molar-refractivity contribution in [2.24, 2.45) is 4.99 Å². The van der Waals surface area contributed by atoms with Gasteiger partial charge >= 0.3 is 0 Å². The number of methoxy groups -OCH3 is 1. The Balaban J connectivity index is 2.05. The molecule has 2 aromatic carbocycles. The first kappa shape index (κ1) is 18.5. The van der Waals surface area contributed by atoms with Crippen LogP contribution in [0.4, 0.5) is 0 Å². The van der Waals surface area contributed by atoms with Crippen LogP contribution in [0.2, 0.25) is 5.02 Å². The first-order valence-electron chi connectivity index (χ1n) is 9.09. The Labute approximate surface area is 159 Å². The summed E-state index contributed by atoms with van der Waals surface area (Å²) >= 11 is 6.01. The molecule has 4 heteroatoms. The third-order valence-electron chi connectivity index (χ3n) is 4.37. The van der Waals surface area contributed by atoms with Crippen LogP contribution in [0.25, 0.3) is 22.3 Å². The summed E-state index contributed by atoms with van der Waals surface area (Å²) in [5.41, 5.74) is 1.78. The molecule has 0 atom stereocenters. The number of fused-ring (bicyclic) bond motifs is 1. The molecule has 1 aromatic heterocycles. The van der Waals surface area contributed by atoms with Crippen molar-refractivity contribution in [2.75, 3.05) is 13.7 Å². The van der Waals surface area contributed by atoms with E-state index in [2.05, 4.69) is 6.92 Å². The van der Waals surface area contributed by atoms with Gasteiger partial charge < -0.3 is 9.15 Å². The van der Waals surface area contributed by atoms with Gasteiger partial charge in [0.15, 0.2) is 0 Å². The van der Waals surface area contributed by atoms with Crippen molar-refractivity contribution in [1.82, 2.24) is 0 Å². The smallest absolute Gasteiger partial charge is 0.137 e. The summed E-state index contributed by atoms with van der Waals surface area (Å²) in [7, 11) is 1.67. The minimum Gasteiger partial charge on any atom is -0.497 e. The number of nitrogens with zero attached hydrogens (tertiary/aromatic N) is 1. The van der Waals surface area contributed by atoms with Crippen LogP contribution < -0.4 is 10.1 Å². The normalized spacial score (nSPS) is 11.9. The monoisotopic (exact) mass is 369 g/mol. The van der Waals surface area contributed by atoms with Gasteiger partial charge in [-0.3, -0.25) is 4.99 Å². The number of hydrogen-bond donors (Lipinski definition) is 0. The molecule has 1 heterocycles. The number of rotatable bonds is 7. The average Bonchev–Trinajstić information content (AvgIpc) is 2.67. The second-order valence-corrected chi connectivity index (χ2v) is 6.74. The van der Waals surface area contributed by atoms with Crippen LogP contribution in [-0.4, -0.2) is 13.7 Å². The number of ether oxygens (including phenoxy) is 1. The summed E-state index contributed by atoms with van der Waals surface area (Å²) in [5, 5.41) is 2.62. The van der Waals surface area contributed by atoms with E-state index in [0.29, 0.717) is 5.02 Å². The molecule has 0 spiro atoms. The average molecular weight is 370 g/mol. The molecule has 26 heavy (non-hydrogen) atoms. The molecule has 0 unspecified atom stereocenters. The number of hydrogen-bond acceptors (Lipinski definition) is 3. The Morgan fingerprint density at radius 2 is 1.81 bits per heavy atom. The van der Waals surface area contributed by atoms with E-state index in [4.69, 9.17) is 25.7 Å². The molecule has 0 amide bonds. The fraction of sp³-hybridized carbons (Fsp3) is 0.318. The molecular weight excluding hydrogens is 346 g/mol. The van der Waals surface area contributed by atoms with Crippen LogP contribution in [0.1, 0.15) is 32.6 Å². The Bertz CT molecular complexity index is 929. The zero-order valence-corrected chi connectivity index (χ0v) is 16.1. The Morgan fingerprint density at radius 3 is 2.54 bits per heavy atom. The second kappa shape index (κ2) is 8.91.